The lowest BCUT2D eigenvalue weighted by Crippen LogP contribution is -2.29. The average Bonchev–Trinajstić information content (AvgIpc) is 2.49. The molecule has 7 heteroatoms. The Morgan fingerprint density at radius 3 is 2.68 bits per heavy atom. The molecule has 6 nitrogen and oxygen atoms in total. The van der Waals surface area contributed by atoms with Crippen LogP contribution in [0.25, 0.3) is 11.3 Å². The number of hydrogen-bond donors (Lipinski definition) is 2. The Balaban J connectivity index is 2.67. The fourth-order valence-corrected chi connectivity index (χ4v) is 2.24. The topological polar surface area (TPSA) is 84.2 Å². The summed E-state index contributed by atoms with van der Waals surface area (Å²) in [7, 11) is 0. The minimum absolute atomic E-state index is 0.0200. The molecule has 0 radical (unpaired) electrons. The molecule has 1 heterocycles. The highest BCUT2D eigenvalue weighted by atomic mass is 35.5. The van der Waals surface area contributed by atoms with Gasteiger partial charge in [-0.15, -0.1) is 6.42 Å². The Labute approximate surface area is 131 Å². The van der Waals surface area contributed by atoms with Crippen LogP contribution >= 0.6 is 11.6 Å². The van der Waals surface area contributed by atoms with E-state index in [1.54, 1.807) is 30.3 Å². The summed E-state index contributed by atoms with van der Waals surface area (Å²) in [4.78, 5) is 27.5. The first kappa shape index (κ1) is 15.6. The van der Waals surface area contributed by atoms with E-state index in [1.165, 1.54) is 0 Å². The SMILES string of the molecule is C#CCNc1nc(Cl)c(-c2ccccc2)n(CC(=O)O)c1=O. The predicted octanol–water partition coefficient (Wildman–Crippen LogP) is 1.69. The van der Waals surface area contributed by atoms with Crippen molar-refractivity contribution >= 4 is 23.4 Å². The summed E-state index contributed by atoms with van der Waals surface area (Å²) in [6, 6.07) is 8.75. The van der Waals surface area contributed by atoms with Crippen LogP contribution < -0.4 is 10.9 Å². The van der Waals surface area contributed by atoms with Gasteiger partial charge in [-0.1, -0.05) is 47.9 Å². The van der Waals surface area contributed by atoms with Crippen LogP contribution in [0.3, 0.4) is 0 Å². The minimum atomic E-state index is -1.16. The van der Waals surface area contributed by atoms with Gasteiger partial charge in [0.2, 0.25) is 0 Å². The van der Waals surface area contributed by atoms with E-state index in [0.717, 1.165) is 4.57 Å². The van der Waals surface area contributed by atoms with Crippen LogP contribution in [0.15, 0.2) is 35.1 Å². The fourth-order valence-electron chi connectivity index (χ4n) is 1.95. The van der Waals surface area contributed by atoms with Crippen molar-refractivity contribution < 1.29 is 9.90 Å². The summed E-state index contributed by atoms with van der Waals surface area (Å²) in [5.74, 6) is 1.07. The fraction of sp³-hybridized carbons (Fsp3) is 0.133. The molecule has 1 aromatic heterocycles. The third-order valence-corrected chi connectivity index (χ3v) is 3.09. The van der Waals surface area contributed by atoms with E-state index in [2.05, 4.69) is 16.2 Å². The van der Waals surface area contributed by atoms with Crippen LogP contribution in [-0.4, -0.2) is 27.2 Å². The summed E-state index contributed by atoms with van der Waals surface area (Å²) in [6.07, 6.45) is 5.13. The van der Waals surface area contributed by atoms with Gasteiger partial charge in [-0.05, 0) is 0 Å². The summed E-state index contributed by atoms with van der Waals surface area (Å²) in [5.41, 5.74) is 0.253. The number of aliphatic carboxylic acids is 1. The molecule has 0 spiro atoms. The Hall–Kier alpha value is -2.78. The van der Waals surface area contributed by atoms with Crippen molar-refractivity contribution in [2.45, 2.75) is 6.54 Å². The maximum atomic E-state index is 12.4. The second-order valence-electron chi connectivity index (χ2n) is 4.31. The van der Waals surface area contributed by atoms with Gasteiger partial charge in [-0.2, -0.15) is 0 Å². The first-order valence-corrected chi connectivity index (χ1v) is 6.67. The molecule has 0 saturated heterocycles. The smallest absolute Gasteiger partial charge is 0.323 e. The van der Waals surface area contributed by atoms with Gasteiger partial charge in [0.1, 0.15) is 6.54 Å². The van der Waals surface area contributed by atoms with Crippen molar-refractivity contribution in [1.82, 2.24) is 9.55 Å². The molecule has 2 N–H and O–H groups in total. The zero-order valence-electron chi connectivity index (χ0n) is 11.4. The molecule has 0 aliphatic carbocycles. The Kier molecular flexibility index (Phi) is 4.81. The van der Waals surface area contributed by atoms with E-state index in [4.69, 9.17) is 23.1 Å². The average molecular weight is 318 g/mol. The number of terminal acetylenes is 1. The van der Waals surface area contributed by atoms with Crippen LogP contribution in [0.2, 0.25) is 5.15 Å². The number of aromatic nitrogens is 2. The molecule has 22 heavy (non-hydrogen) atoms. The van der Waals surface area contributed by atoms with Crippen LogP contribution in [-0.2, 0) is 11.3 Å². The zero-order chi connectivity index (χ0) is 16.1. The van der Waals surface area contributed by atoms with Gasteiger partial charge in [0.05, 0.1) is 12.2 Å². The Bertz CT molecular complexity index is 794. The molecule has 1 aromatic carbocycles. The molecule has 0 saturated carbocycles. The molecule has 0 fully saturated rings. The number of hydrogen-bond acceptors (Lipinski definition) is 4. The highest BCUT2D eigenvalue weighted by molar-refractivity contribution is 6.32. The maximum Gasteiger partial charge on any atom is 0.323 e. The van der Waals surface area contributed by atoms with Crippen LogP contribution in [0, 0.1) is 12.3 Å². The largest absolute Gasteiger partial charge is 0.480 e. The van der Waals surface area contributed by atoms with Crippen LogP contribution in [0.5, 0.6) is 0 Å². The zero-order valence-corrected chi connectivity index (χ0v) is 12.2. The molecule has 0 aliphatic heterocycles. The van der Waals surface area contributed by atoms with Crippen molar-refractivity contribution in [3.63, 3.8) is 0 Å². The first-order chi connectivity index (χ1) is 10.5. The number of nitrogens with zero attached hydrogens (tertiary/aromatic N) is 2. The normalized spacial score (nSPS) is 10.0. The number of carboxylic acids is 1. The third kappa shape index (κ3) is 3.27. The van der Waals surface area contributed by atoms with E-state index in [9.17, 15) is 9.59 Å². The van der Waals surface area contributed by atoms with Crippen molar-refractivity contribution in [3.05, 3.63) is 45.8 Å². The lowest BCUT2D eigenvalue weighted by Gasteiger charge is -2.14. The predicted molar refractivity (Wildman–Crippen MR) is 83.9 cm³/mol. The molecule has 0 unspecified atom stereocenters. The summed E-state index contributed by atoms with van der Waals surface area (Å²) in [6.45, 7) is -0.452. The Morgan fingerprint density at radius 1 is 1.41 bits per heavy atom. The second kappa shape index (κ2) is 6.78. The van der Waals surface area contributed by atoms with Gasteiger partial charge < -0.3 is 10.4 Å². The quantitative estimate of drug-likeness (QED) is 0.820. The van der Waals surface area contributed by atoms with Crippen LogP contribution in [0.1, 0.15) is 0 Å². The summed E-state index contributed by atoms with van der Waals surface area (Å²) >= 11 is 6.15. The monoisotopic (exact) mass is 317 g/mol. The third-order valence-electron chi connectivity index (χ3n) is 2.82. The summed E-state index contributed by atoms with van der Waals surface area (Å²) < 4.78 is 1.06. The molecule has 0 aliphatic rings. The van der Waals surface area contributed by atoms with E-state index in [1.807, 2.05) is 0 Å². The number of anilines is 1. The van der Waals surface area contributed by atoms with Crippen molar-refractivity contribution in [1.29, 1.82) is 0 Å². The number of halogens is 1. The number of nitrogens with one attached hydrogen (secondary N) is 1. The molecule has 2 rings (SSSR count). The number of carbonyl (C=O) groups is 1. The van der Waals surface area contributed by atoms with Crippen molar-refractivity contribution in [3.8, 4) is 23.6 Å². The van der Waals surface area contributed by atoms with Gasteiger partial charge >= 0.3 is 5.97 Å². The minimum Gasteiger partial charge on any atom is -0.480 e. The van der Waals surface area contributed by atoms with E-state index in [-0.39, 0.29) is 23.2 Å². The number of carboxylic acid groups (broad SMARTS) is 1. The summed E-state index contributed by atoms with van der Waals surface area (Å²) in [5, 5.41) is 11.7. The number of benzene rings is 1. The van der Waals surface area contributed by atoms with E-state index >= 15 is 0 Å². The standard InChI is InChI=1S/C15H12ClN3O3/c1-2-8-17-14-15(22)19(9-11(20)21)12(13(16)18-14)10-6-4-3-5-7-10/h1,3-7H,8-9H2,(H,17,18)(H,20,21). The lowest BCUT2D eigenvalue weighted by atomic mass is 10.1. The van der Waals surface area contributed by atoms with E-state index in [0.29, 0.717) is 5.56 Å². The molecule has 0 amide bonds. The van der Waals surface area contributed by atoms with Crippen molar-refractivity contribution in [2.75, 3.05) is 11.9 Å². The molecular weight excluding hydrogens is 306 g/mol. The van der Waals surface area contributed by atoms with Gasteiger partial charge in [0.25, 0.3) is 5.56 Å². The molecule has 112 valence electrons. The van der Waals surface area contributed by atoms with Gasteiger partial charge in [-0.25, -0.2) is 4.98 Å². The van der Waals surface area contributed by atoms with Gasteiger partial charge in [0.15, 0.2) is 11.0 Å². The first-order valence-electron chi connectivity index (χ1n) is 6.29. The molecular formula is C15H12ClN3O3. The molecule has 0 bridgehead atoms. The highest BCUT2D eigenvalue weighted by Gasteiger charge is 2.18. The molecule has 2 aromatic rings. The van der Waals surface area contributed by atoms with E-state index < -0.39 is 18.1 Å². The highest BCUT2D eigenvalue weighted by Crippen LogP contribution is 2.25. The van der Waals surface area contributed by atoms with Crippen LogP contribution in [0.4, 0.5) is 5.82 Å². The van der Waals surface area contributed by atoms with Gasteiger partial charge in [-0.3, -0.25) is 14.2 Å². The van der Waals surface area contributed by atoms with Gasteiger partial charge in [0, 0.05) is 5.56 Å². The number of rotatable bonds is 5. The molecule has 0 atom stereocenters. The maximum absolute atomic E-state index is 12.4. The second-order valence-corrected chi connectivity index (χ2v) is 4.67. The lowest BCUT2D eigenvalue weighted by molar-refractivity contribution is -0.137. The van der Waals surface area contributed by atoms with Crippen molar-refractivity contribution in [2.24, 2.45) is 0 Å². The Morgan fingerprint density at radius 2 is 2.09 bits per heavy atom.